The molecule has 1 aliphatic heterocycles. The number of rotatable bonds is 6. The Kier molecular flexibility index (Phi) is 10.6. The fourth-order valence-electron chi connectivity index (χ4n) is 3.36. The Bertz CT molecular complexity index is 803. The van der Waals surface area contributed by atoms with Crippen LogP contribution in [0.25, 0.3) is 0 Å². The molecule has 1 saturated heterocycles. The third-order valence-corrected chi connectivity index (χ3v) is 6.46. The zero-order chi connectivity index (χ0) is 24.7. The average Bonchev–Trinajstić information content (AvgIpc) is 3.16. The summed E-state index contributed by atoms with van der Waals surface area (Å²) in [5.41, 5.74) is -3.11. The van der Waals surface area contributed by atoms with Gasteiger partial charge in [0.25, 0.3) is 0 Å². The molecule has 0 spiro atoms. The normalized spacial score (nSPS) is 18.8. The number of nitrogens with one attached hydrogen (secondary N) is 1. The van der Waals surface area contributed by atoms with Crippen molar-refractivity contribution in [1.82, 2.24) is 10.2 Å². The van der Waals surface area contributed by atoms with Crippen molar-refractivity contribution in [2.45, 2.75) is 89.1 Å². The number of halogens is 1. The zero-order valence-electron chi connectivity index (χ0n) is 20.2. The summed E-state index contributed by atoms with van der Waals surface area (Å²) in [4.78, 5) is 13.2. The van der Waals surface area contributed by atoms with Crippen molar-refractivity contribution in [1.29, 1.82) is 0 Å². The summed E-state index contributed by atoms with van der Waals surface area (Å²) in [6.07, 6.45) is -1.95. The summed E-state index contributed by atoms with van der Waals surface area (Å²) in [6, 6.07) is 8.43. The molecule has 32 heavy (non-hydrogen) atoms. The first-order chi connectivity index (χ1) is 14.6. The average molecular weight is 475 g/mol. The van der Waals surface area contributed by atoms with Crippen molar-refractivity contribution < 1.29 is 27.4 Å². The monoisotopic (exact) mass is 474 g/mol. The fourth-order valence-corrected chi connectivity index (χ4v) is 4.75. The molecule has 1 fully saturated rings. The molecule has 2 unspecified atom stereocenters. The van der Waals surface area contributed by atoms with Crippen LogP contribution in [0.15, 0.2) is 35.2 Å². The van der Waals surface area contributed by atoms with E-state index in [-0.39, 0.29) is 18.0 Å². The van der Waals surface area contributed by atoms with E-state index < -0.39 is 39.1 Å². The van der Waals surface area contributed by atoms with Crippen molar-refractivity contribution in [3.63, 3.8) is 0 Å². The molecule has 2 N–H and O–H groups in total. The zero-order valence-corrected chi connectivity index (χ0v) is 21.0. The highest BCUT2D eigenvalue weighted by molar-refractivity contribution is 7.92. The van der Waals surface area contributed by atoms with Gasteiger partial charge in [0.1, 0.15) is 11.7 Å². The Morgan fingerprint density at radius 2 is 1.69 bits per heavy atom. The molecule has 3 atom stereocenters. The minimum atomic E-state index is -4.29. The lowest BCUT2D eigenvalue weighted by Crippen LogP contribution is -2.39. The van der Waals surface area contributed by atoms with Gasteiger partial charge in [0, 0.05) is 31.1 Å². The van der Waals surface area contributed by atoms with Crippen LogP contribution in [0.4, 0.5) is 9.18 Å². The highest BCUT2D eigenvalue weighted by Gasteiger charge is 2.42. The molecule has 0 radical (unpaired) electrons. The molecule has 1 aliphatic rings. The second-order valence-electron chi connectivity index (χ2n) is 9.65. The number of amides is 1. The van der Waals surface area contributed by atoms with Gasteiger partial charge in [0.2, 0.25) is 15.3 Å². The summed E-state index contributed by atoms with van der Waals surface area (Å²) in [5.74, 6) is -0.666. The van der Waals surface area contributed by atoms with Crippen molar-refractivity contribution in [2.75, 3.05) is 13.1 Å². The van der Waals surface area contributed by atoms with Crippen LogP contribution in [0.1, 0.15) is 54.9 Å². The second-order valence-corrected chi connectivity index (χ2v) is 11.7. The third kappa shape index (κ3) is 9.03. The SMILES string of the molecule is CC(C)(C)OC(=O)N1CC[C@H](C(O)C(F)S(=O)(=O)c2ccccc2)C1.CC(C)NC(C)C. The number of aliphatic hydroxyl groups excluding tert-OH is 1. The number of ether oxygens (including phenoxy) is 1. The van der Waals surface area contributed by atoms with Gasteiger partial charge < -0.3 is 20.1 Å². The maximum atomic E-state index is 14.5. The largest absolute Gasteiger partial charge is 0.444 e. The second kappa shape index (κ2) is 12.0. The van der Waals surface area contributed by atoms with Crippen LogP contribution in [-0.4, -0.2) is 66.9 Å². The Labute approximate surface area is 192 Å². The Balaban J connectivity index is 0.000000633. The maximum absolute atomic E-state index is 14.5. The molecule has 1 heterocycles. The Hall–Kier alpha value is -1.71. The van der Waals surface area contributed by atoms with Gasteiger partial charge in [-0.2, -0.15) is 0 Å². The number of sulfone groups is 1. The number of carbonyl (C=O) groups is 1. The number of hydrogen-bond donors (Lipinski definition) is 2. The van der Waals surface area contributed by atoms with Crippen molar-refractivity contribution in [2.24, 2.45) is 5.92 Å². The molecular formula is C23H39FN2O5S. The highest BCUT2D eigenvalue weighted by atomic mass is 32.2. The van der Waals surface area contributed by atoms with Crippen LogP contribution in [0.3, 0.4) is 0 Å². The van der Waals surface area contributed by atoms with E-state index in [2.05, 4.69) is 33.0 Å². The molecule has 7 nitrogen and oxygen atoms in total. The van der Waals surface area contributed by atoms with Crippen molar-refractivity contribution in [3.8, 4) is 0 Å². The van der Waals surface area contributed by atoms with E-state index in [1.54, 1.807) is 26.8 Å². The van der Waals surface area contributed by atoms with E-state index in [4.69, 9.17) is 4.74 Å². The Morgan fingerprint density at radius 3 is 2.12 bits per heavy atom. The summed E-state index contributed by atoms with van der Waals surface area (Å²) in [6.45, 7) is 14.2. The number of benzene rings is 1. The van der Waals surface area contributed by atoms with Gasteiger partial charge in [0.15, 0.2) is 0 Å². The molecule has 2 rings (SSSR count). The van der Waals surface area contributed by atoms with Crippen LogP contribution in [0.2, 0.25) is 0 Å². The van der Waals surface area contributed by atoms with Gasteiger partial charge in [-0.15, -0.1) is 0 Å². The van der Waals surface area contributed by atoms with Gasteiger partial charge >= 0.3 is 6.09 Å². The number of aliphatic hydroxyl groups is 1. The van der Waals surface area contributed by atoms with E-state index in [9.17, 15) is 22.7 Å². The molecular weight excluding hydrogens is 435 g/mol. The molecule has 1 aromatic rings. The minimum Gasteiger partial charge on any atom is -0.444 e. The summed E-state index contributed by atoms with van der Waals surface area (Å²) >= 11 is 0. The molecule has 0 saturated carbocycles. The first-order valence-corrected chi connectivity index (χ1v) is 12.5. The van der Waals surface area contributed by atoms with Crippen LogP contribution in [0.5, 0.6) is 0 Å². The number of carbonyl (C=O) groups excluding carboxylic acids is 1. The lowest BCUT2D eigenvalue weighted by Gasteiger charge is -2.25. The molecule has 0 bridgehead atoms. The molecule has 184 valence electrons. The standard InChI is InChI=1S/C17H24FNO5S.C6H15N/c1-17(2,3)24-16(21)19-10-9-12(11-19)14(20)15(18)25(22,23)13-7-5-4-6-8-13;1-5(2)7-6(3)4/h4-8,12,14-15,20H,9-11H2,1-3H3;5-7H,1-4H3/t12-,14?,15?;/m0./s1. The first kappa shape index (κ1) is 28.3. The quantitative estimate of drug-likeness (QED) is 0.652. The molecule has 0 aliphatic carbocycles. The van der Waals surface area contributed by atoms with Crippen molar-refractivity contribution in [3.05, 3.63) is 30.3 Å². The summed E-state index contributed by atoms with van der Waals surface area (Å²) in [7, 11) is -4.29. The Morgan fingerprint density at radius 1 is 1.16 bits per heavy atom. The van der Waals surface area contributed by atoms with E-state index in [0.717, 1.165) is 0 Å². The van der Waals surface area contributed by atoms with Crippen LogP contribution < -0.4 is 5.32 Å². The van der Waals surface area contributed by atoms with Gasteiger partial charge in [-0.05, 0) is 39.3 Å². The molecule has 1 aromatic carbocycles. The number of hydrogen-bond acceptors (Lipinski definition) is 6. The van der Waals surface area contributed by atoms with Gasteiger partial charge in [-0.25, -0.2) is 17.6 Å². The molecule has 0 aromatic heterocycles. The van der Waals surface area contributed by atoms with E-state index in [1.165, 1.54) is 29.2 Å². The van der Waals surface area contributed by atoms with Gasteiger partial charge in [-0.1, -0.05) is 45.9 Å². The lowest BCUT2D eigenvalue weighted by molar-refractivity contribution is 0.0247. The van der Waals surface area contributed by atoms with E-state index in [1.807, 2.05) is 0 Å². The topological polar surface area (TPSA) is 95.9 Å². The van der Waals surface area contributed by atoms with Crippen LogP contribution in [0, 0.1) is 5.92 Å². The lowest BCUT2D eigenvalue weighted by atomic mass is 10.0. The summed E-state index contributed by atoms with van der Waals surface area (Å²) < 4.78 is 44.4. The van der Waals surface area contributed by atoms with Crippen molar-refractivity contribution >= 4 is 15.9 Å². The smallest absolute Gasteiger partial charge is 0.410 e. The van der Waals surface area contributed by atoms with Gasteiger partial charge in [0.05, 0.1) is 4.90 Å². The number of nitrogens with zero attached hydrogens (tertiary/aromatic N) is 1. The number of alkyl halides is 1. The first-order valence-electron chi connectivity index (χ1n) is 11.0. The van der Waals surface area contributed by atoms with Crippen LogP contribution in [-0.2, 0) is 14.6 Å². The third-order valence-electron chi connectivity index (χ3n) is 4.66. The minimum absolute atomic E-state index is 0.0564. The molecule has 9 heteroatoms. The van der Waals surface area contributed by atoms with Gasteiger partial charge in [-0.3, -0.25) is 0 Å². The predicted octanol–water partition coefficient (Wildman–Crippen LogP) is 3.77. The van der Waals surface area contributed by atoms with Crippen LogP contribution >= 0.6 is 0 Å². The maximum Gasteiger partial charge on any atom is 0.410 e. The number of likely N-dealkylation sites (tertiary alicyclic amines) is 1. The fraction of sp³-hybridized carbons (Fsp3) is 0.696. The summed E-state index contributed by atoms with van der Waals surface area (Å²) in [5, 5.41) is 13.5. The predicted molar refractivity (Wildman–Crippen MR) is 124 cm³/mol. The highest BCUT2D eigenvalue weighted by Crippen LogP contribution is 2.29. The van der Waals surface area contributed by atoms with E-state index in [0.29, 0.717) is 18.5 Å². The molecule has 1 amide bonds. The van der Waals surface area contributed by atoms with E-state index >= 15 is 0 Å².